The van der Waals surface area contributed by atoms with E-state index in [9.17, 15) is 19.5 Å². The molecule has 0 radical (unpaired) electrons. The van der Waals surface area contributed by atoms with Crippen LogP contribution in [-0.4, -0.2) is 49.2 Å². The van der Waals surface area contributed by atoms with Crippen LogP contribution in [0.15, 0.2) is 42.5 Å². The minimum absolute atomic E-state index is 0.0564. The van der Waals surface area contributed by atoms with E-state index >= 15 is 0 Å². The third kappa shape index (κ3) is 2.53. The van der Waals surface area contributed by atoms with E-state index in [0.717, 1.165) is 4.90 Å². The second-order valence-electron chi connectivity index (χ2n) is 6.10. The van der Waals surface area contributed by atoms with Crippen LogP contribution in [0.25, 0.3) is 0 Å². The molecular weight excluding hydrogens is 336 g/mol. The number of carboxylic acid groups (broad SMARTS) is 1. The molecule has 2 heterocycles. The molecule has 2 aliphatic heterocycles. The number of anilines is 2. The van der Waals surface area contributed by atoms with E-state index in [4.69, 9.17) is 4.74 Å². The van der Waals surface area contributed by atoms with Gasteiger partial charge in [-0.15, -0.1) is 0 Å². The molecule has 0 aromatic heterocycles. The number of carbonyl (C=O) groups is 3. The molecule has 132 valence electrons. The standard InChI is InChI=1S/C19H16N2O5/c22-17-13-3-1-2-4-14(13)18(23)21(17)12-5-6-16(15(11-12)19(24)25)20-7-9-26-10-8-20/h1-6,11H,7-10H2,(H,24,25). The van der Waals surface area contributed by atoms with Gasteiger partial charge in [0.15, 0.2) is 0 Å². The molecule has 0 bridgehead atoms. The summed E-state index contributed by atoms with van der Waals surface area (Å²) in [5, 5.41) is 9.62. The van der Waals surface area contributed by atoms with Gasteiger partial charge in [-0.3, -0.25) is 9.59 Å². The fourth-order valence-electron chi connectivity index (χ4n) is 3.34. The summed E-state index contributed by atoms with van der Waals surface area (Å²) in [5.41, 5.74) is 1.52. The van der Waals surface area contributed by atoms with Crippen molar-refractivity contribution in [3.8, 4) is 0 Å². The Hall–Kier alpha value is -3.19. The predicted molar refractivity (Wildman–Crippen MR) is 94.0 cm³/mol. The van der Waals surface area contributed by atoms with Crippen LogP contribution in [0.3, 0.4) is 0 Å². The molecule has 0 spiro atoms. The Kier molecular flexibility index (Phi) is 3.93. The highest BCUT2D eigenvalue weighted by molar-refractivity contribution is 6.34. The number of nitrogens with zero attached hydrogens (tertiary/aromatic N) is 2. The Morgan fingerprint density at radius 3 is 2.15 bits per heavy atom. The number of hydrogen-bond donors (Lipinski definition) is 1. The monoisotopic (exact) mass is 352 g/mol. The third-order valence-electron chi connectivity index (χ3n) is 4.61. The molecule has 2 aliphatic rings. The molecule has 4 rings (SSSR count). The van der Waals surface area contributed by atoms with E-state index in [2.05, 4.69) is 0 Å². The van der Waals surface area contributed by atoms with Crippen molar-refractivity contribution in [1.82, 2.24) is 0 Å². The van der Waals surface area contributed by atoms with Crippen LogP contribution in [-0.2, 0) is 4.74 Å². The molecule has 26 heavy (non-hydrogen) atoms. The minimum Gasteiger partial charge on any atom is -0.478 e. The maximum atomic E-state index is 12.6. The van der Waals surface area contributed by atoms with Gasteiger partial charge in [-0.05, 0) is 30.3 Å². The number of amides is 2. The number of rotatable bonds is 3. The van der Waals surface area contributed by atoms with Crippen molar-refractivity contribution >= 4 is 29.2 Å². The maximum Gasteiger partial charge on any atom is 0.337 e. The first-order valence-electron chi connectivity index (χ1n) is 8.26. The Balaban J connectivity index is 1.74. The van der Waals surface area contributed by atoms with E-state index in [0.29, 0.717) is 43.1 Å². The summed E-state index contributed by atoms with van der Waals surface area (Å²) in [6, 6.07) is 11.2. The number of ether oxygens (including phenoxy) is 1. The Morgan fingerprint density at radius 1 is 0.962 bits per heavy atom. The van der Waals surface area contributed by atoms with Gasteiger partial charge >= 0.3 is 5.97 Å². The molecule has 0 aliphatic carbocycles. The quantitative estimate of drug-likeness (QED) is 0.851. The van der Waals surface area contributed by atoms with Gasteiger partial charge in [0, 0.05) is 13.1 Å². The van der Waals surface area contributed by atoms with Crippen molar-refractivity contribution in [2.45, 2.75) is 0 Å². The largest absolute Gasteiger partial charge is 0.478 e. The first kappa shape index (κ1) is 16.3. The molecule has 2 aromatic rings. The molecule has 2 amide bonds. The third-order valence-corrected chi connectivity index (χ3v) is 4.61. The molecule has 0 unspecified atom stereocenters. The Morgan fingerprint density at radius 2 is 1.58 bits per heavy atom. The highest BCUT2D eigenvalue weighted by Gasteiger charge is 2.36. The van der Waals surface area contributed by atoms with Crippen molar-refractivity contribution < 1.29 is 24.2 Å². The minimum atomic E-state index is -1.11. The number of aromatic carboxylic acids is 1. The normalized spacial score (nSPS) is 16.8. The summed E-state index contributed by atoms with van der Waals surface area (Å²) in [6.07, 6.45) is 0. The maximum absolute atomic E-state index is 12.6. The average Bonchev–Trinajstić information content (AvgIpc) is 2.93. The van der Waals surface area contributed by atoms with Gasteiger partial charge in [0.25, 0.3) is 11.8 Å². The summed E-state index contributed by atoms with van der Waals surface area (Å²) in [5.74, 6) is -1.99. The lowest BCUT2D eigenvalue weighted by Gasteiger charge is -2.30. The smallest absolute Gasteiger partial charge is 0.337 e. The topological polar surface area (TPSA) is 87.2 Å². The highest BCUT2D eigenvalue weighted by atomic mass is 16.5. The van der Waals surface area contributed by atoms with Gasteiger partial charge < -0.3 is 14.7 Å². The Labute approximate surface area is 149 Å². The number of hydrogen-bond acceptors (Lipinski definition) is 5. The summed E-state index contributed by atoms with van der Waals surface area (Å²) in [6.45, 7) is 2.23. The number of carbonyl (C=O) groups excluding carboxylic acids is 2. The van der Waals surface area contributed by atoms with Crippen LogP contribution in [0.4, 0.5) is 11.4 Å². The zero-order valence-electron chi connectivity index (χ0n) is 13.8. The van der Waals surface area contributed by atoms with Gasteiger partial charge in [0.1, 0.15) is 0 Å². The van der Waals surface area contributed by atoms with E-state index in [1.807, 2.05) is 4.90 Å². The Bertz CT molecular complexity index is 883. The fourth-order valence-corrected chi connectivity index (χ4v) is 3.34. The number of morpholine rings is 1. The number of imide groups is 1. The summed E-state index contributed by atoms with van der Waals surface area (Å²) in [7, 11) is 0. The molecule has 1 fully saturated rings. The molecular formula is C19H16N2O5. The molecule has 1 saturated heterocycles. The summed E-state index contributed by atoms with van der Waals surface area (Å²) < 4.78 is 5.30. The van der Waals surface area contributed by atoms with Crippen LogP contribution in [0.5, 0.6) is 0 Å². The molecule has 2 aromatic carbocycles. The highest BCUT2D eigenvalue weighted by Crippen LogP contribution is 2.32. The molecule has 1 N–H and O–H groups in total. The van der Waals surface area contributed by atoms with E-state index in [1.54, 1.807) is 36.4 Å². The van der Waals surface area contributed by atoms with Crippen LogP contribution in [0.1, 0.15) is 31.1 Å². The molecule has 0 atom stereocenters. The van der Waals surface area contributed by atoms with Crippen molar-refractivity contribution in [2.24, 2.45) is 0 Å². The lowest BCUT2D eigenvalue weighted by atomic mass is 10.1. The van der Waals surface area contributed by atoms with Crippen molar-refractivity contribution in [3.63, 3.8) is 0 Å². The first-order valence-corrected chi connectivity index (χ1v) is 8.26. The van der Waals surface area contributed by atoms with Crippen LogP contribution >= 0.6 is 0 Å². The van der Waals surface area contributed by atoms with Crippen LogP contribution in [0.2, 0.25) is 0 Å². The number of benzene rings is 2. The molecule has 7 nitrogen and oxygen atoms in total. The lowest BCUT2D eigenvalue weighted by Crippen LogP contribution is -2.37. The van der Waals surface area contributed by atoms with Gasteiger partial charge in [-0.25, -0.2) is 9.69 Å². The zero-order valence-corrected chi connectivity index (χ0v) is 13.8. The molecule has 0 saturated carbocycles. The van der Waals surface area contributed by atoms with E-state index in [1.165, 1.54) is 6.07 Å². The SMILES string of the molecule is O=C(O)c1cc(N2C(=O)c3ccccc3C2=O)ccc1N1CCOCC1. The van der Waals surface area contributed by atoms with Crippen LogP contribution in [0, 0.1) is 0 Å². The van der Waals surface area contributed by atoms with Crippen molar-refractivity contribution in [2.75, 3.05) is 36.1 Å². The first-order chi connectivity index (χ1) is 12.6. The second-order valence-corrected chi connectivity index (χ2v) is 6.10. The van der Waals surface area contributed by atoms with E-state index < -0.39 is 17.8 Å². The fraction of sp³-hybridized carbons (Fsp3) is 0.211. The van der Waals surface area contributed by atoms with Gasteiger partial charge in [-0.1, -0.05) is 12.1 Å². The predicted octanol–water partition coefficient (Wildman–Crippen LogP) is 2.02. The molecule has 7 heteroatoms. The van der Waals surface area contributed by atoms with Crippen molar-refractivity contribution in [3.05, 3.63) is 59.2 Å². The summed E-state index contributed by atoms with van der Waals surface area (Å²) in [4.78, 5) is 39.9. The number of carboxylic acids is 1. The number of fused-ring (bicyclic) bond motifs is 1. The van der Waals surface area contributed by atoms with Crippen LogP contribution < -0.4 is 9.80 Å². The van der Waals surface area contributed by atoms with Gasteiger partial charge in [0.05, 0.1) is 41.3 Å². The van der Waals surface area contributed by atoms with Gasteiger partial charge in [-0.2, -0.15) is 0 Å². The van der Waals surface area contributed by atoms with E-state index in [-0.39, 0.29) is 11.3 Å². The zero-order chi connectivity index (χ0) is 18.3. The average molecular weight is 352 g/mol. The van der Waals surface area contributed by atoms with Gasteiger partial charge in [0.2, 0.25) is 0 Å². The second kappa shape index (κ2) is 6.27. The van der Waals surface area contributed by atoms with Crippen molar-refractivity contribution in [1.29, 1.82) is 0 Å². The lowest BCUT2D eigenvalue weighted by molar-refractivity contribution is 0.0695. The summed E-state index contributed by atoms with van der Waals surface area (Å²) >= 11 is 0.